The van der Waals surface area contributed by atoms with Crippen LogP contribution in [-0.2, 0) is 11.3 Å². The van der Waals surface area contributed by atoms with Crippen molar-refractivity contribution in [3.8, 4) is 11.4 Å². The third-order valence-corrected chi connectivity index (χ3v) is 3.50. The molecule has 9 nitrogen and oxygen atoms in total. The van der Waals surface area contributed by atoms with Gasteiger partial charge in [-0.25, -0.2) is 4.39 Å². The van der Waals surface area contributed by atoms with E-state index in [0.29, 0.717) is 11.3 Å². The molecular formula is C17H14FN5O4. The summed E-state index contributed by atoms with van der Waals surface area (Å²) in [5, 5.41) is 20.0. The van der Waals surface area contributed by atoms with Crippen LogP contribution < -0.4 is 10.6 Å². The zero-order valence-corrected chi connectivity index (χ0v) is 14.1. The Labute approximate surface area is 152 Å². The number of carbonyl (C=O) groups is 1. The molecule has 0 aliphatic carbocycles. The highest BCUT2D eigenvalue weighted by atomic mass is 19.1. The summed E-state index contributed by atoms with van der Waals surface area (Å²) in [6.07, 6.45) is 0. The molecule has 10 heteroatoms. The second-order valence-corrected chi connectivity index (χ2v) is 5.55. The molecule has 0 radical (unpaired) electrons. The summed E-state index contributed by atoms with van der Waals surface area (Å²) >= 11 is 0. The molecule has 0 saturated carbocycles. The number of benzene rings is 2. The lowest BCUT2D eigenvalue weighted by Crippen LogP contribution is -2.08. The van der Waals surface area contributed by atoms with Gasteiger partial charge in [0.25, 0.3) is 5.69 Å². The number of nitro groups is 1. The molecule has 0 saturated heterocycles. The van der Waals surface area contributed by atoms with Crippen LogP contribution in [0.25, 0.3) is 11.4 Å². The summed E-state index contributed by atoms with van der Waals surface area (Å²) in [6, 6.07) is 10.0. The van der Waals surface area contributed by atoms with Crippen LogP contribution in [0.4, 0.5) is 21.5 Å². The highest BCUT2D eigenvalue weighted by molar-refractivity contribution is 5.89. The Morgan fingerprint density at radius 3 is 2.85 bits per heavy atom. The van der Waals surface area contributed by atoms with Gasteiger partial charge in [0.15, 0.2) is 0 Å². The van der Waals surface area contributed by atoms with Crippen molar-refractivity contribution in [2.45, 2.75) is 13.5 Å². The first-order valence-electron chi connectivity index (χ1n) is 7.81. The van der Waals surface area contributed by atoms with Gasteiger partial charge in [0.1, 0.15) is 5.82 Å². The minimum absolute atomic E-state index is 0.0512. The Kier molecular flexibility index (Phi) is 5.06. The number of carbonyl (C=O) groups excluding carboxylic acids is 1. The number of non-ortho nitro benzene ring substituents is 1. The molecule has 3 rings (SSSR count). The van der Waals surface area contributed by atoms with Crippen LogP contribution >= 0.6 is 0 Å². The van der Waals surface area contributed by atoms with Crippen LogP contribution in [0, 0.1) is 15.9 Å². The summed E-state index contributed by atoms with van der Waals surface area (Å²) in [5.74, 6) is -0.485. The number of aromatic nitrogens is 2. The predicted octanol–water partition coefficient (Wildman–Crippen LogP) is 3.35. The van der Waals surface area contributed by atoms with Gasteiger partial charge in [0.05, 0.1) is 17.2 Å². The zero-order valence-electron chi connectivity index (χ0n) is 14.1. The van der Waals surface area contributed by atoms with Crippen molar-refractivity contribution in [2.75, 3.05) is 10.6 Å². The van der Waals surface area contributed by atoms with Gasteiger partial charge < -0.3 is 15.2 Å². The largest absolute Gasteiger partial charge is 0.376 e. The lowest BCUT2D eigenvalue weighted by atomic mass is 10.2. The monoisotopic (exact) mass is 371 g/mol. The third-order valence-electron chi connectivity index (χ3n) is 3.50. The second-order valence-electron chi connectivity index (χ2n) is 5.55. The molecule has 0 aliphatic rings. The summed E-state index contributed by atoms with van der Waals surface area (Å²) in [4.78, 5) is 25.6. The molecule has 27 heavy (non-hydrogen) atoms. The molecule has 0 aliphatic heterocycles. The van der Waals surface area contributed by atoms with Crippen molar-refractivity contribution < 1.29 is 18.6 Å². The van der Waals surface area contributed by atoms with Crippen LogP contribution in [0.5, 0.6) is 0 Å². The molecule has 0 bridgehead atoms. The first-order chi connectivity index (χ1) is 12.9. The van der Waals surface area contributed by atoms with E-state index < -0.39 is 10.7 Å². The van der Waals surface area contributed by atoms with Crippen molar-refractivity contribution in [3.05, 3.63) is 64.3 Å². The Morgan fingerprint density at radius 1 is 1.30 bits per heavy atom. The van der Waals surface area contributed by atoms with E-state index in [-0.39, 0.29) is 35.5 Å². The smallest absolute Gasteiger partial charge is 0.270 e. The van der Waals surface area contributed by atoms with Crippen molar-refractivity contribution in [1.82, 2.24) is 10.1 Å². The molecule has 0 unspecified atom stereocenters. The van der Waals surface area contributed by atoms with Gasteiger partial charge in [-0.2, -0.15) is 4.98 Å². The SMILES string of the molecule is CC(=O)Nc1cc(NCc2nc(-c3cccc([N+](=O)[O-])c3)no2)ccc1F. The maximum Gasteiger partial charge on any atom is 0.270 e. The minimum atomic E-state index is -0.554. The van der Waals surface area contributed by atoms with Crippen LogP contribution in [0.1, 0.15) is 12.8 Å². The van der Waals surface area contributed by atoms with Crippen LogP contribution in [-0.4, -0.2) is 21.0 Å². The van der Waals surface area contributed by atoms with E-state index in [1.807, 2.05) is 0 Å². The summed E-state index contributed by atoms with van der Waals surface area (Å²) < 4.78 is 18.8. The first kappa shape index (κ1) is 18.0. The van der Waals surface area contributed by atoms with Crippen molar-refractivity contribution in [1.29, 1.82) is 0 Å². The van der Waals surface area contributed by atoms with Crippen molar-refractivity contribution >= 4 is 23.0 Å². The van der Waals surface area contributed by atoms with Crippen LogP contribution in [0.3, 0.4) is 0 Å². The molecule has 0 atom stereocenters. The molecule has 0 fully saturated rings. The average Bonchev–Trinajstić information content (AvgIpc) is 3.11. The van der Waals surface area contributed by atoms with E-state index in [2.05, 4.69) is 20.8 Å². The summed E-state index contributed by atoms with van der Waals surface area (Å²) in [6.45, 7) is 1.43. The lowest BCUT2D eigenvalue weighted by molar-refractivity contribution is -0.384. The van der Waals surface area contributed by atoms with E-state index >= 15 is 0 Å². The van der Waals surface area contributed by atoms with E-state index in [4.69, 9.17) is 4.52 Å². The fraction of sp³-hybridized carbons (Fsp3) is 0.118. The van der Waals surface area contributed by atoms with Gasteiger partial charge in [-0.15, -0.1) is 0 Å². The fourth-order valence-electron chi connectivity index (χ4n) is 2.30. The van der Waals surface area contributed by atoms with E-state index in [1.54, 1.807) is 6.07 Å². The topological polar surface area (TPSA) is 123 Å². The molecule has 138 valence electrons. The Morgan fingerprint density at radius 2 is 2.11 bits per heavy atom. The summed E-state index contributed by atoms with van der Waals surface area (Å²) in [7, 11) is 0. The van der Waals surface area contributed by atoms with Crippen molar-refractivity contribution in [3.63, 3.8) is 0 Å². The molecule has 1 heterocycles. The van der Waals surface area contributed by atoms with Gasteiger partial charge in [-0.3, -0.25) is 14.9 Å². The molecule has 2 N–H and O–H groups in total. The second kappa shape index (κ2) is 7.60. The summed E-state index contributed by atoms with van der Waals surface area (Å²) in [5.41, 5.74) is 0.966. The maximum absolute atomic E-state index is 13.6. The van der Waals surface area contributed by atoms with Gasteiger partial charge in [0, 0.05) is 30.3 Å². The van der Waals surface area contributed by atoms with Crippen molar-refractivity contribution in [2.24, 2.45) is 0 Å². The number of halogens is 1. The third kappa shape index (κ3) is 4.42. The Balaban J connectivity index is 1.71. The van der Waals surface area contributed by atoms with Gasteiger partial charge in [-0.1, -0.05) is 17.3 Å². The molecular weight excluding hydrogens is 357 g/mol. The number of nitrogens with zero attached hydrogens (tertiary/aromatic N) is 3. The Bertz CT molecular complexity index is 1000. The number of hydrogen-bond donors (Lipinski definition) is 2. The molecule has 3 aromatic rings. The van der Waals surface area contributed by atoms with Crippen LogP contribution in [0.15, 0.2) is 47.0 Å². The highest BCUT2D eigenvalue weighted by Gasteiger charge is 2.13. The van der Waals surface area contributed by atoms with Gasteiger partial charge in [0.2, 0.25) is 17.6 Å². The molecule has 2 aromatic carbocycles. The number of amides is 1. The predicted molar refractivity (Wildman–Crippen MR) is 94.4 cm³/mol. The standard InChI is InChI=1S/C17H14FN5O4/c1-10(24)20-15-8-12(5-6-14(15)18)19-9-16-21-17(22-27-16)11-3-2-4-13(7-11)23(25)26/h2-8,19H,9H2,1H3,(H,20,24). The van der Waals surface area contributed by atoms with Gasteiger partial charge in [-0.05, 0) is 18.2 Å². The van der Waals surface area contributed by atoms with E-state index in [0.717, 1.165) is 0 Å². The lowest BCUT2D eigenvalue weighted by Gasteiger charge is -2.08. The highest BCUT2D eigenvalue weighted by Crippen LogP contribution is 2.23. The average molecular weight is 371 g/mol. The zero-order chi connectivity index (χ0) is 19.4. The molecule has 0 spiro atoms. The number of hydrogen-bond acceptors (Lipinski definition) is 7. The van der Waals surface area contributed by atoms with Gasteiger partial charge >= 0.3 is 0 Å². The first-order valence-corrected chi connectivity index (χ1v) is 7.81. The normalized spacial score (nSPS) is 10.4. The number of nitrogens with one attached hydrogen (secondary N) is 2. The molecule has 1 aromatic heterocycles. The minimum Gasteiger partial charge on any atom is -0.376 e. The van der Waals surface area contributed by atoms with Crippen LogP contribution in [0.2, 0.25) is 0 Å². The fourth-order valence-corrected chi connectivity index (χ4v) is 2.30. The quantitative estimate of drug-likeness (QED) is 0.503. The number of nitro benzene ring substituents is 1. The number of rotatable bonds is 6. The van der Waals surface area contributed by atoms with E-state index in [9.17, 15) is 19.3 Å². The molecule has 1 amide bonds. The number of anilines is 2. The Hall–Kier alpha value is -3.82. The maximum atomic E-state index is 13.6. The van der Waals surface area contributed by atoms with E-state index in [1.165, 1.54) is 43.3 Å².